The lowest BCUT2D eigenvalue weighted by Gasteiger charge is -2.26. The van der Waals surface area contributed by atoms with Gasteiger partial charge < -0.3 is 5.73 Å². The minimum Gasteiger partial charge on any atom is -0.399 e. The molecule has 0 amide bonds. The molecular weight excluding hydrogens is 454 g/mol. The SMILES string of the molecule is Nc1cc2c3c(c(-c4ccc5cccc6c5c4-c4ccccc4C6=O)ccc3c1)-c1ccccc1C2=O. The summed E-state index contributed by atoms with van der Waals surface area (Å²) in [6.07, 6.45) is 0. The van der Waals surface area contributed by atoms with Gasteiger partial charge in [0, 0.05) is 38.7 Å². The van der Waals surface area contributed by atoms with Crippen LogP contribution in [0.15, 0.2) is 103 Å². The summed E-state index contributed by atoms with van der Waals surface area (Å²) in [5.74, 6) is 0.0510. The van der Waals surface area contributed by atoms with E-state index in [1.165, 1.54) is 0 Å². The lowest BCUT2D eigenvalue weighted by molar-refractivity contribution is 0.103. The number of hydrogen-bond donors (Lipinski definition) is 1. The van der Waals surface area contributed by atoms with Crippen molar-refractivity contribution in [1.82, 2.24) is 0 Å². The molecular formula is C34H19NO2. The van der Waals surface area contributed by atoms with Crippen molar-refractivity contribution >= 4 is 38.8 Å². The molecule has 0 spiro atoms. The largest absolute Gasteiger partial charge is 0.399 e. The Hall–Kier alpha value is -5.02. The van der Waals surface area contributed by atoms with Gasteiger partial charge in [-0.3, -0.25) is 9.59 Å². The van der Waals surface area contributed by atoms with Crippen molar-refractivity contribution in [3.63, 3.8) is 0 Å². The highest BCUT2D eigenvalue weighted by Crippen LogP contribution is 2.50. The van der Waals surface area contributed by atoms with Gasteiger partial charge in [-0.05, 0) is 56.3 Å². The average Bonchev–Trinajstić information content (AvgIpc) is 2.93. The highest BCUT2D eigenvalue weighted by atomic mass is 16.1. The Bertz CT molecular complexity index is 2030. The van der Waals surface area contributed by atoms with Crippen molar-refractivity contribution in [2.75, 3.05) is 5.73 Å². The van der Waals surface area contributed by atoms with Gasteiger partial charge >= 0.3 is 0 Å². The maximum Gasteiger partial charge on any atom is 0.194 e. The number of nitrogen functional groups attached to an aromatic ring is 1. The molecule has 8 rings (SSSR count). The second-order valence-electron chi connectivity index (χ2n) is 9.80. The van der Waals surface area contributed by atoms with Gasteiger partial charge in [0.15, 0.2) is 11.6 Å². The van der Waals surface area contributed by atoms with E-state index in [-0.39, 0.29) is 11.6 Å². The van der Waals surface area contributed by atoms with Crippen LogP contribution in [0.3, 0.4) is 0 Å². The van der Waals surface area contributed by atoms with E-state index in [0.717, 1.165) is 60.5 Å². The maximum absolute atomic E-state index is 13.6. The Labute approximate surface area is 212 Å². The Morgan fingerprint density at radius 2 is 0.919 bits per heavy atom. The maximum atomic E-state index is 13.6. The molecule has 37 heavy (non-hydrogen) atoms. The van der Waals surface area contributed by atoms with Crippen molar-refractivity contribution in [3.05, 3.63) is 125 Å². The molecule has 3 nitrogen and oxygen atoms in total. The fraction of sp³-hybridized carbons (Fsp3) is 0. The van der Waals surface area contributed by atoms with Crippen molar-refractivity contribution in [1.29, 1.82) is 0 Å². The van der Waals surface area contributed by atoms with E-state index in [4.69, 9.17) is 5.73 Å². The Morgan fingerprint density at radius 1 is 0.405 bits per heavy atom. The summed E-state index contributed by atoms with van der Waals surface area (Å²) in [6, 6.07) is 33.8. The van der Waals surface area contributed by atoms with Crippen molar-refractivity contribution in [2.24, 2.45) is 0 Å². The van der Waals surface area contributed by atoms with Crippen LogP contribution in [0.1, 0.15) is 31.8 Å². The van der Waals surface area contributed by atoms with Gasteiger partial charge in [0.25, 0.3) is 0 Å². The van der Waals surface area contributed by atoms with Crippen LogP contribution in [0.4, 0.5) is 5.69 Å². The zero-order chi connectivity index (χ0) is 24.8. The van der Waals surface area contributed by atoms with Crippen LogP contribution in [0.5, 0.6) is 0 Å². The van der Waals surface area contributed by atoms with Gasteiger partial charge in [-0.2, -0.15) is 0 Å². The normalized spacial score (nSPS) is 13.1. The van der Waals surface area contributed by atoms with E-state index in [2.05, 4.69) is 30.3 Å². The third-order valence-corrected chi connectivity index (χ3v) is 7.85. The number of benzene rings is 6. The van der Waals surface area contributed by atoms with E-state index < -0.39 is 0 Å². The molecule has 0 unspecified atom stereocenters. The van der Waals surface area contributed by atoms with Crippen LogP contribution in [-0.4, -0.2) is 11.6 Å². The van der Waals surface area contributed by atoms with Crippen LogP contribution in [-0.2, 0) is 0 Å². The van der Waals surface area contributed by atoms with Crippen LogP contribution in [0, 0.1) is 0 Å². The molecule has 172 valence electrons. The Balaban J connectivity index is 1.58. The number of rotatable bonds is 1. The summed E-state index contributed by atoms with van der Waals surface area (Å²) >= 11 is 0. The fourth-order valence-electron chi connectivity index (χ4n) is 6.33. The predicted octanol–water partition coefficient (Wildman–Crippen LogP) is 7.67. The summed E-state index contributed by atoms with van der Waals surface area (Å²) in [7, 11) is 0. The van der Waals surface area contributed by atoms with Gasteiger partial charge in [0.05, 0.1) is 0 Å². The van der Waals surface area contributed by atoms with Crippen LogP contribution >= 0.6 is 0 Å². The van der Waals surface area contributed by atoms with Crippen LogP contribution in [0.25, 0.3) is 54.9 Å². The zero-order valence-corrected chi connectivity index (χ0v) is 19.7. The Kier molecular flexibility index (Phi) is 3.83. The second-order valence-corrected chi connectivity index (χ2v) is 9.80. The zero-order valence-electron chi connectivity index (χ0n) is 19.7. The number of ketones is 2. The molecule has 2 N–H and O–H groups in total. The van der Waals surface area contributed by atoms with Crippen LogP contribution in [0.2, 0.25) is 0 Å². The number of anilines is 1. The molecule has 0 fully saturated rings. The van der Waals surface area contributed by atoms with Crippen LogP contribution < -0.4 is 5.73 Å². The standard InChI is InChI=1S/C34H19NO2/c35-20-16-19-13-15-24(32-22-8-2-4-10-26(22)34(37)28(17-20)30(19)32)23-14-12-18-6-5-11-27-29(18)31(23)21-7-1-3-9-25(21)33(27)36/h1-17H,35H2. The molecule has 2 aliphatic rings. The number of fused-ring (bicyclic) bond motifs is 4. The molecule has 0 saturated carbocycles. The first kappa shape index (κ1) is 20.2. The summed E-state index contributed by atoms with van der Waals surface area (Å²) in [5, 5.41) is 3.89. The first-order chi connectivity index (χ1) is 18.1. The molecule has 6 aromatic carbocycles. The molecule has 0 aromatic heterocycles. The number of carbonyl (C=O) groups excluding carboxylic acids is 2. The lowest BCUT2D eigenvalue weighted by atomic mass is 9.75. The van der Waals surface area contributed by atoms with Crippen molar-refractivity contribution in [2.45, 2.75) is 0 Å². The molecule has 2 aliphatic carbocycles. The predicted molar refractivity (Wildman–Crippen MR) is 149 cm³/mol. The summed E-state index contributed by atoms with van der Waals surface area (Å²) in [5.41, 5.74) is 15.6. The number of hydrogen-bond acceptors (Lipinski definition) is 3. The molecule has 0 saturated heterocycles. The molecule has 6 aromatic rings. The van der Waals surface area contributed by atoms with Gasteiger partial charge in [-0.15, -0.1) is 0 Å². The third-order valence-electron chi connectivity index (χ3n) is 7.85. The third kappa shape index (κ3) is 2.55. The minimum atomic E-state index is -0.00405. The first-order valence-corrected chi connectivity index (χ1v) is 12.3. The van der Waals surface area contributed by atoms with E-state index in [1.807, 2.05) is 66.7 Å². The number of nitrogens with two attached hydrogens (primary N) is 1. The molecule has 0 radical (unpaired) electrons. The summed E-state index contributed by atoms with van der Waals surface area (Å²) in [6.45, 7) is 0. The quantitative estimate of drug-likeness (QED) is 0.249. The molecule has 0 aliphatic heterocycles. The van der Waals surface area contributed by atoms with E-state index in [1.54, 1.807) is 6.07 Å². The van der Waals surface area contributed by atoms with E-state index >= 15 is 0 Å². The number of carbonyl (C=O) groups is 2. The monoisotopic (exact) mass is 473 g/mol. The minimum absolute atomic E-state index is 0.00405. The lowest BCUT2D eigenvalue weighted by Crippen LogP contribution is -2.12. The highest BCUT2D eigenvalue weighted by molar-refractivity contribution is 6.30. The first-order valence-electron chi connectivity index (χ1n) is 12.3. The smallest absolute Gasteiger partial charge is 0.194 e. The second kappa shape index (κ2) is 7.02. The van der Waals surface area contributed by atoms with Gasteiger partial charge in [-0.25, -0.2) is 0 Å². The molecule has 0 bridgehead atoms. The van der Waals surface area contributed by atoms with Gasteiger partial charge in [0.1, 0.15) is 0 Å². The van der Waals surface area contributed by atoms with E-state index in [0.29, 0.717) is 22.4 Å². The molecule has 0 heterocycles. The van der Waals surface area contributed by atoms with Crippen molar-refractivity contribution in [3.8, 4) is 33.4 Å². The summed E-state index contributed by atoms with van der Waals surface area (Å²) < 4.78 is 0. The highest BCUT2D eigenvalue weighted by Gasteiger charge is 2.31. The van der Waals surface area contributed by atoms with Crippen molar-refractivity contribution < 1.29 is 9.59 Å². The molecule has 3 heteroatoms. The molecule has 0 atom stereocenters. The van der Waals surface area contributed by atoms with Gasteiger partial charge in [0.2, 0.25) is 0 Å². The fourth-order valence-corrected chi connectivity index (χ4v) is 6.33. The Morgan fingerprint density at radius 3 is 1.57 bits per heavy atom. The van der Waals surface area contributed by atoms with Gasteiger partial charge in [-0.1, -0.05) is 91.0 Å². The topological polar surface area (TPSA) is 60.2 Å². The average molecular weight is 474 g/mol. The summed E-state index contributed by atoms with van der Waals surface area (Å²) in [4.78, 5) is 27.0. The van der Waals surface area contributed by atoms with E-state index in [9.17, 15) is 9.59 Å².